The van der Waals surface area contributed by atoms with Crippen LogP contribution in [0.3, 0.4) is 0 Å². The van der Waals surface area contributed by atoms with Gasteiger partial charge in [0.05, 0.1) is 13.2 Å². The van der Waals surface area contributed by atoms with E-state index < -0.39 is 0 Å². The Hall–Kier alpha value is -0.120. The van der Waals surface area contributed by atoms with Crippen molar-refractivity contribution in [2.45, 2.75) is 35.8 Å². The second-order valence-corrected chi connectivity index (χ2v) is 7.03. The number of rotatable bonds is 5. The molecular formula is C14H20OS2. The molecule has 1 aromatic rings. The van der Waals surface area contributed by atoms with Crippen molar-refractivity contribution < 1.29 is 4.74 Å². The molecule has 0 unspecified atom stereocenters. The first kappa shape index (κ1) is 13.3. The predicted octanol–water partition coefficient (Wildman–Crippen LogP) is 3.78. The van der Waals surface area contributed by atoms with Gasteiger partial charge in [-0.2, -0.15) is 12.6 Å². The van der Waals surface area contributed by atoms with Crippen molar-refractivity contribution in [1.82, 2.24) is 0 Å². The molecule has 1 saturated heterocycles. The van der Waals surface area contributed by atoms with Gasteiger partial charge in [-0.25, -0.2) is 0 Å². The summed E-state index contributed by atoms with van der Waals surface area (Å²) in [6.45, 7) is 6.15. The summed E-state index contributed by atoms with van der Waals surface area (Å²) in [7, 11) is 0. The largest absolute Gasteiger partial charge is 0.379 e. The Morgan fingerprint density at radius 2 is 1.94 bits per heavy atom. The molecule has 0 N–H and O–H groups in total. The van der Waals surface area contributed by atoms with Crippen molar-refractivity contribution in [3.05, 3.63) is 29.8 Å². The van der Waals surface area contributed by atoms with Gasteiger partial charge in [0.25, 0.3) is 0 Å². The summed E-state index contributed by atoms with van der Waals surface area (Å²) >= 11 is 6.27. The molecule has 94 valence electrons. The Morgan fingerprint density at radius 1 is 1.29 bits per heavy atom. The van der Waals surface area contributed by atoms with Crippen LogP contribution >= 0.6 is 24.4 Å². The average Bonchev–Trinajstić information content (AvgIpc) is 2.24. The summed E-state index contributed by atoms with van der Waals surface area (Å²) in [4.78, 5) is 1.35. The highest BCUT2D eigenvalue weighted by atomic mass is 32.2. The molecule has 1 nitrogen and oxygen atoms in total. The van der Waals surface area contributed by atoms with Crippen LogP contribution in [0, 0.1) is 0 Å². The average molecular weight is 268 g/mol. The summed E-state index contributed by atoms with van der Waals surface area (Å²) in [5, 5.41) is 0.638. The lowest BCUT2D eigenvalue weighted by Gasteiger charge is -2.42. The van der Waals surface area contributed by atoms with Crippen molar-refractivity contribution in [3.8, 4) is 0 Å². The fourth-order valence-electron chi connectivity index (χ4n) is 2.18. The Labute approximate surface area is 114 Å². The first-order valence-corrected chi connectivity index (χ1v) is 7.63. The Bertz CT molecular complexity index is 355. The minimum atomic E-state index is 0.239. The van der Waals surface area contributed by atoms with Gasteiger partial charge in [-0.3, -0.25) is 0 Å². The van der Waals surface area contributed by atoms with Crippen LogP contribution in [0.1, 0.15) is 25.8 Å². The van der Waals surface area contributed by atoms with Crippen molar-refractivity contribution in [2.75, 3.05) is 19.0 Å². The van der Waals surface area contributed by atoms with Crippen LogP contribution in [0.25, 0.3) is 0 Å². The third-order valence-corrected chi connectivity index (χ3v) is 4.42. The number of ether oxygens (including phenoxy) is 1. The molecule has 0 spiro atoms. The molecule has 0 saturated carbocycles. The standard InChI is InChI=1S/C14H20OS2/c1-11(2)17-13-5-3-12(4-6-13)14(7-8-16)9-15-10-14/h3-6,11,16H,7-10H2,1-2H3. The monoisotopic (exact) mass is 268 g/mol. The fraction of sp³-hybridized carbons (Fsp3) is 0.571. The second-order valence-electron chi connectivity index (χ2n) is 4.94. The highest BCUT2D eigenvalue weighted by Gasteiger charge is 2.39. The number of thioether (sulfide) groups is 1. The van der Waals surface area contributed by atoms with E-state index in [9.17, 15) is 0 Å². The first-order valence-electron chi connectivity index (χ1n) is 6.12. The fourth-order valence-corrected chi connectivity index (χ4v) is 3.44. The second kappa shape index (κ2) is 5.68. The minimum Gasteiger partial charge on any atom is -0.379 e. The Balaban J connectivity index is 2.11. The lowest BCUT2D eigenvalue weighted by molar-refractivity contribution is -0.0613. The summed E-state index contributed by atoms with van der Waals surface area (Å²) < 4.78 is 5.40. The third kappa shape index (κ3) is 3.01. The van der Waals surface area contributed by atoms with E-state index in [-0.39, 0.29) is 5.41 Å². The molecule has 1 aliphatic rings. The predicted molar refractivity (Wildman–Crippen MR) is 78.4 cm³/mol. The van der Waals surface area contributed by atoms with Gasteiger partial charge in [0.2, 0.25) is 0 Å². The first-order chi connectivity index (χ1) is 8.16. The number of hydrogen-bond acceptors (Lipinski definition) is 3. The molecule has 0 aliphatic carbocycles. The van der Waals surface area contributed by atoms with Crippen LogP contribution in [0.4, 0.5) is 0 Å². The van der Waals surface area contributed by atoms with E-state index in [0.29, 0.717) is 5.25 Å². The Kier molecular flexibility index (Phi) is 4.45. The molecule has 1 aliphatic heterocycles. The summed E-state index contributed by atoms with van der Waals surface area (Å²) in [6.07, 6.45) is 1.10. The smallest absolute Gasteiger partial charge is 0.0585 e. The van der Waals surface area contributed by atoms with E-state index >= 15 is 0 Å². The molecule has 0 atom stereocenters. The highest BCUT2D eigenvalue weighted by Crippen LogP contribution is 2.37. The van der Waals surface area contributed by atoms with Crippen molar-refractivity contribution in [1.29, 1.82) is 0 Å². The van der Waals surface area contributed by atoms with E-state index in [1.807, 2.05) is 11.8 Å². The highest BCUT2D eigenvalue weighted by molar-refractivity contribution is 7.99. The van der Waals surface area contributed by atoms with Crippen LogP contribution in [0.5, 0.6) is 0 Å². The molecule has 0 amide bonds. The lowest BCUT2D eigenvalue weighted by Crippen LogP contribution is -2.47. The SMILES string of the molecule is CC(C)Sc1ccc(C2(CCS)COC2)cc1. The number of hydrogen-bond donors (Lipinski definition) is 1. The molecule has 1 heterocycles. The lowest BCUT2D eigenvalue weighted by atomic mass is 9.76. The van der Waals surface area contributed by atoms with Gasteiger partial charge in [-0.15, -0.1) is 11.8 Å². The number of benzene rings is 1. The summed E-state index contributed by atoms with van der Waals surface area (Å²) in [5.74, 6) is 0.922. The molecule has 3 heteroatoms. The van der Waals surface area contributed by atoms with Crippen LogP contribution in [-0.4, -0.2) is 24.2 Å². The quantitative estimate of drug-likeness (QED) is 0.643. The maximum atomic E-state index is 5.40. The van der Waals surface area contributed by atoms with E-state index in [1.165, 1.54) is 10.5 Å². The molecule has 0 radical (unpaired) electrons. The molecule has 1 aromatic carbocycles. The van der Waals surface area contributed by atoms with Gasteiger partial charge in [-0.1, -0.05) is 26.0 Å². The van der Waals surface area contributed by atoms with E-state index in [4.69, 9.17) is 4.74 Å². The summed E-state index contributed by atoms with van der Waals surface area (Å²) in [5.41, 5.74) is 1.65. The molecular weight excluding hydrogens is 248 g/mol. The van der Waals surface area contributed by atoms with Gasteiger partial charge in [0.15, 0.2) is 0 Å². The van der Waals surface area contributed by atoms with Gasteiger partial charge in [-0.05, 0) is 29.9 Å². The maximum absolute atomic E-state index is 5.40. The minimum absolute atomic E-state index is 0.239. The third-order valence-electron chi connectivity index (χ3n) is 3.19. The zero-order valence-electron chi connectivity index (χ0n) is 10.5. The van der Waals surface area contributed by atoms with E-state index in [1.54, 1.807) is 0 Å². The van der Waals surface area contributed by atoms with Gasteiger partial charge in [0, 0.05) is 15.6 Å². The van der Waals surface area contributed by atoms with Crippen LogP contribution in [0.2, 0.25) is 0 Å². The van der Waals surface area contributed by atoms with Gasteiger partial charge < -0.3 is 4.74 Å². The summed E-state index contributed by atoms with van der Waals surface area (Å²) in [6, 6.07) is 8.99. The van der Waals surface area contributed by atoms with Gasteiger partial charge >= 0.3 is 0 Å². The topological polar surface area (TPSA) is 9.23 Å². The number of thiol groups is 1. The maximum Gasteiger partial charge on any atom is 0.0585 e. The normalized spacial score (nSPS) is 18.1. The van der Waals surface area contributed by atoms with E-state index in [2.05, 4.69) is 50.7 Å². The van der Waals surface area contributed by atoms with E-state index in [0.717, 1.165) is 25.4 Å². The zero-order chi connectivity index (χ0) is 12.3. The Morgan fingerprint density at radius 3 is 2.35 bits per heavy atom. The van der Waals surface area contributed by atoms with Crippen LogP contribution in [0.15, 0.2) is 29.2 Å². The molecule has 2 rings (SSSR count). The molecule has 0 bridgehead atoms. The van der Waals surface area contributed by atoms with Crippen LogP contribution in [-0.2, 0) is 10.2 Å². The molecule has 17 heavy (non-hydrogen) atoms. The molecule has 0 aromatic heterocycles. The van der Waals surface area contributed by atoms with Crippen molar-refractivity contribution in [3.63, 3.8) is 0 Å². The zero-order valence-corrected chi connectivity index (χ0v) is 12.2. The van der Waals surface area contributed by atoms with Crippen molar-refractivity contribution in [2.24, 2.45) is 0 Å². The molecule has 1 fully saturated rings. The van der Waals surface area contributed by atoms with Crippen molar-refractivity contribution >= 4 is 24.4 Å². The van der Waals surface area contributed by atoms with Crippen LogP contribution < -0.4 is 0 Å². The van der Waals surface area contributed by atoms with Gasteiger partial charge in [0.1, 0.15) is 0 Å².